The van der Waals surface area contributed by atoms with Crippen molar-refractivity contribution in [3.8, 4) is 0 Å². The molecule has 2 amide bonds. The quantitative estimate of drug-likeness (QED) is 0.834. The topological polar surface area (TPSA) is 61.0 Å². The summed E-state index contributed by atoms with van der Waals surface area (Å²) in [5.41, 5.74) is 2.05. The van der Waals surface area contributed by atoms with Gasteiger partial charge in [-0.1, -0.05) is 0 Å². The summed E-state index contributed by atoms with van der Waals surface area (Å²) in [5.74, 6) is 0. The zero-order chi connectivity index (χ0) is 12.3. The van der Waals surface area contributed by atoms with Crippen LogP contribution in [0.5, 0.6) is 0 Å². The Kier molecular flexibility index (Phi) is 3.66. The number of carbonyl (C=O) groups is 1. The van der Waals surface area contributed by atoms with Crippen molar-refractivity contribution in [2.75, 3.05) is 13.1 Å². The lowest BCUT2D eigenvalue weighted by molar-refractivity contribution is 0.205. The molecule has 0 aliphatic carbocycles. The molecule has 0 saturated carbocycles. The van der Waals surface area contributed by atoms with Crippen LogP contribution in [-0.2, 0) is 6.42 Å². The Morgan fingerprint density at radius 2 is 2.29 bits per heavy atom. The van der Waals surface area contributed by atoms with Crippen molar-refractivity contribution in [2.45, 2.75) is 39.2 Å². The fourth-order valence-corrected chi connectivity index (χ4v) is 2.17. The van der Waals surface area contributed by atoms with Gasteiger partial charge < -0.3 is 10.2 Å². The Bertz CT molecular complexity index is 382. The molecule has 94 valence electrons. The van der Waals surface area contributed by atoms with E-state index in [1.807, 2.05) is 24.8 Å². The number of carbonyl (C=O) groups excluding carboxylic acids is 1. The van der Waals surface area contributed by atoms with Gasteiger partial charge in [0.15, 0.2) is 0 Å². The summed E-state index contributed by atoms with van der Waals surface area (Å²) in [6.07, 6.45) is 3.02. The monoisotopic (exact) mass is 236 g/mol. The fraction of sp³-hybridized carbons (Fsp3) is 0.667. The minimum absolute atomic E-state index is 0.0576. The lowest BCUT2D eigenvalue weighted by Crippen LogP contribution is -2.43. The summed E-state index contributed by atoms with van der Waals surface area (Å²) in [7, 11) is 0. The Morgan fingerprint density at radius 3 is 2.88 bits per heavy atom. The lowest BCUT2D eigenvalue weighted by atomic mass is 10.2. The molecule has 2 heterocycles. The number of likely N-dealkylation sites (tertiary alicyclic amines) is 1. The normalized spacial score (nSPS) is 17.2. The highest BCUT2D eigenvalue weighted by Crippen LogP contribution is 2.08. The number of nitrogens with zero attached hydrogens (tertiary/aromatic N) is 2. The maximum Gasteiger partial charge on any atom is 0.317 e. The SMILES string of the molecule is Cc1cc(CC(C)NC(=O)N2CCCC2)n[nH]1. The number of nitrogens with one attached hydrogen (secondary N) is 2. The average Bonchev–Trinajstić information content (AvgIpc) is 2.89. The van der Waals surface area contributed by atoms with Crippen LogP contribution in [0.15, 0.2) is 6.07 Å². The van der Waals surface area contributed by atoms with Crippen molar-refractivity contribution in [1.29, 1.82) is 0 Å². The molecule has 2 N–H and O–H groups in total. The second kappa shape index (κ2) is 5.21. The third-order valence-corrected chi connectivity index (χ3v) is 3.04. The number of amides is 2. The molecule has 1 atom stereocenters. The van der Waals surface area contributed by atoms with Gasteiger partial charge in [0.25, 0.3) is 0 Å². The van der Waals surface area contributed by atoms with E-state index in [-0.39, 0.29) is 12.1 Å². The highest BCUT2D eigenvalue weighted by molar-refractivity contribution is 5.74. The predicted octanol–water partition coefficient (Wildman–Crippen LogP) is 1.45. The van der Waals surface area contributed by atoms with Gasteiger partial charge in [-0.2, -0.15) is 5.10 Å². The number of urea groups is 1. The Labute approximate surface area is 102 Å². The van der Waals surface area contributed by atoms with E-state index < -0.39 is 0 Å². The van der Waals surface area contributed by atoms with E-state index in [4.69, 9.17) is 0 Å². The smallest absolute Gasteiger partial charge is 0.317 e. The number of aromatic amines is 1. The summed E-state index contributed by atoms with van der Waals surface area (Å²) in [6.45, 7) is 5.77. The van der Waals surface area contributed by atoms with E-state index in [0.717, 1.165) is 43.7 Å². The van der Waals surface area contributed by atoms with Crippen molar-refractivity contribution in [1.82, 2.24) is 20.4 Å². The number of aromatic nitrogens is 2. The first-order valence-corrected chi connectivity index (χ1v) is 6.21. The highest BCUT2D eigenvalue weighted by atomic mass is 16.2. The van der Waals surface area contributed by atoms with Crippen molar-refractivity contribution < 1.29 is 4.79 Å². The number of aryl methyl sites for hydroxylation is 1. The van der Waals surface area contributed by atoms with Crippen LogP contribution in [0.4, 0.5) is 4.79 Å². The third-order valence-electron chi connectivity index (χ3n) is 3.04. The molecule has 1 saturated heterocycles. The van der Waals surface area contributed by atoms with Crippen LogP contribution in [-0.4, -0.2) is 40.3 Å². The van der Waals surface area contributed by atoms with Gasteiger partial charge in [-0.3, -0.25) is 5.10 Å². The number of rotatable bonds is 3. The molecule has 1 fully saturated rings. The molecule has 1 aromatic heterocycles. The molecule has 0 spiro atoms. The standard InChI is InChI=1S/C12H20N4O/c1-9(7-11-8-10(2)14-15-11)13-12(17)16-5-3-4-6-16/h8-9H,3-7H2,1-2H3,(H,13,17)(H,14,15). The molecule has 0 bridgehead atoms. The highest BCUT2D eigenvalue weighted by Gasteiger charge is 2.19. The number of hydrogen-bond acceptors (Lipinski definition) is 2. The van der Waals surface area contributed by atoms with Gasteiger partial charge in [0.05, 0.1) is 5.69 Å². The van der Waals surface area contributed by atoms with Crippen LogP contribution in [0.3, 0.4) is 0 Å². The van der Waals surface area contributed by atoms with Crippen LogP contribution in [0, 0.1) is 6.92 Å². The van der Waals surface area contributed by atoms with Crippen molar-refractivity contribution in [2.24, 2.45) is 0 Å². The van der Waals surface area contributed by atoms with E-state index in [1.165, 1.54) is 0 Å². The Hall–Kier alpha value is -1.52. The summed E-state index contributed by atoms with van der Waals surface area (Å²) in [4.78, 5) is 13.7. The molecule has 0 radical (unpaired) electrons. The molecule has 5 heteroatoms. The van der Waals surface area contributed by atoms with E-state index in [0.29, 0.717) is 0 Å². The van der Waals surface area contributed by atoms with Gasteiger partial charge in [0.1, 0.15) is 0 Å². The van der Waals surface area contributed by atoms with Crippen LogP contribution >= 0.6 is 0 Å². The molecule has 5 nitrogen and oxygen atoms in total. The van der Waals surface area contributed by atoms with Crippen molar-refractivity contribution in [3.05, 3.63) is 17.5 Å². The van der Waals surface area contributed by atoms with Crippen LogP contribution in [0.1, 0.15) is 31.2 Å². The van der Waals surface area contributed by atoms with Crippen LogP contribution < -0.4 is 5.32 Å². The summed E-state index contributed by atoms with van der Waals surface area (Å²) < 4.78 is 0. The van der Waals surface area contributed by atoms with Crippen molar-refractivity contribution in [3.63, 3.8) is 0 Å². The van der Waals surface area contributed by atoms with E-state index in [1.54, 1.807) is 0 Å². The molecule has 1 aliphatic rings. The predicted molar refractivity (Wildman–Crippen MR) is 65.8 cm³/mol. The number of hydrogen-bond donors (Lipinski definition) is 2. The van der Waals surface area contributed by atoms with Crippen LogP contribution in [0.25, 0.3) is 0 Å². The molecule has 0 aromatic carbocycles. The zero-order valence-corrected chi connectivity index (χ0v) is 10.5. The number of H-pyrrole nitrogens is 1. The third kappa shape index (κ3) is 3.22. The first-order valence-electron chi connectivity index (χ1n) is 6.21. The molecule has 1 aromatic rings. The largest absolute Gasteiger partial charge is 0.335 e. The Balaban J connectivity index is 1.80. The van der Waals surface area contributed by atoms with Gasteiger partial charge in [0.2, 0.25) is 0 Å². The average molecular weight is 236 g/mol. The maximum atomic E-state index is 11.8. The molecule has 1 aliphatic heterocycles. The summed E-state index contributed by atoms with van der Waals surface area (Å²) in [6, 6.07) is 2.19. The van der Waals surface area contributed by atoms with E-state index >= 15 is 0 Å². The minimum atomic E-state index is 0.0576. The second-order valence-corrected chi connectivity index (χ2v) is 4.79. The van der Waals surface area contributed by atoms with Gasteiger partial charge in [-0.05, 0) is 32.8 Å². The zero-order valence-electron chi connectivity index (χ0n) is 10.5. The molecule has 2 rings (SSSR count). The molecular weight excluding hydrogens is 216 g/mol. The fourth-order valence-electron chi connectivity index (χ4n) is 2.17. The Morgan fingerprint density at radius 1 is 1.59 bits per heavy atom. The van der Waals surface area contributed by atoms with E-state index in [9.17, 15) is 4.79 Å². The van der Waals surface area contributed by atoms with Gasteiger partial charge in [-0.25, -0.2) is 4.79 Å². The van der Waals surface area contributed by atoms with Gasteiger partial charge in [-0.15, -0.1) is 0 Å². The summed E-state index contributed by atoms with van der Waals surface area (Å²) in [5, 5.41) is 10.1. The molecule has 17 heavy (non-hydrogen) atoms. The lowest BCUT2D eigenvalue weighted by Gasteiger charge is -2.19. The second-order valence-electron chi connectivity index (χ2n) is 4.79. The van der Waals surface area contributed by atoms with Crippen LogP contribution in [0.2, 0.25) is 0 Å². The first kappa shape index (κ1) is 12.0. The molecular formula is C12H20N4O. The first-order chi connectivity index (χ1) is 8.15. The minimum Gasteiger partial charge on any atom is -0.335 e. The van der Waals surface area contributed by atoms with Gasteiger partial charge in [0, 0.05) is 31.2 Å². The van der Waals surface area contributed by atoms with Crippen molar-refractivity contribution >= 4 is 6.03 Å². The maximum absolute atomic E-state index is 11.8. The summed E-state index contributed by atoms with van der Waals surface area (Å²) >= 11 is 0. The van der Waals surface area contributed by atoms with Gasteiger partial charge >= 0.3 is 6.03 Å². The molecule has 1 unspecified atom stereocenters. The van der Waals surface area contributed by atoms with E-state index in [2.05, 4.69) is 15.5 Å².